The van der Waals surface area contributed by atoms with Gasteiger partial charge in [0.1, 0.15) is 11.0 Å². The van der Waals surface area contributed by atoms with Crippen molar-refractivity contribution in [3.05, 3.63) is 52.7 Å². The Morgan fingerprint density at radius 3 is 2.59 bits per heavy atom. The zero-order valence-corrected chi connectivity index (χ0v) is 17.6. The Hall–Kier alpha value is -2.22. The van der Waals surface area contributed by atoms with Gasteiger partial charge in [-0.3, -0.25) is 4.98 Å². The molecule has 0 aliphatic rings. The van der Waals surface area contributed by atoms with Crippen LogP contribution in [0.3, 0.4) is 0 Å². The molecule has 0 spiro atoms. The number of pyridine rings is 1. The van der Waals surface area contributed by atoms with Gasteiger partial charge in [0.05, 0.1) is 21.0 Å². The van der Waals surface area contributed by atoms with Gasteiger partial charge in [0.15, 0.2) is 0 Å². The van der Waals surface area contributed by atoms with E-state index in [2.05, 4.69) is 27.3 Å². The zero-order valence-electron chi connectivity index (χ0n) is 16.1. The number of halogens is 1. The first-order valence-corrected chi connectivity index (χ1v) is 10.1. The van der Waals surface area contributed by atoms with Crippen LogP contribution < -0.4 is 0 Å². The number of nitrogens with zero attached hydrogens (tertiary/aromatic N) is 2. The molecule has 27 heavy (non-hydrogen) atoms. The van der Waals surface area contributed by atoms with E-state index in [9.17, 15) is 4.21 Å². The predicted octanol–water partition coefficient (Wildman–Crippen LogP) is 5.68. The average molecular weight is 397 g/mol. The number of rotatable bonds is 2. The quantitative estimate of drug-likeness (QED) is 0.317. The summed E-state index contributed by atoms with van der Waals surface area (Å²) < 4.78 is 16.3. The smallest absolute Gasteiger partial charge is 0.145 e. The molecular formula is C22H21ClN2OS. The SMILES string of the molecule is CC#Cc1ccc2c(cnc3cc(Cl)c(/C(C)=N/[S@](=O)C(C)(C)C)cc32)c1. The van der Waals surface area contributed by atoms with Crippen LogP contribution in [-0.4, -0.2) is 19.7 Å². The van der Waals surface area contributed by atoms with E-state index in [0.717, 1.165) is 32.8 Å². The van der Waals surface area contributed by atoms with Gasteiger partial charge in [-0.2, -0.15) is 4.40 Å². The van der Waals surface area contributed by atoms with Crippen LogP contribution in [0.1, 0.15) is 45.7 Å². The van der Waals surface area contributed by atoms with Gasteiger partial charge in [0.2, 0.25) is 0 Å². The summed E-state index contributed by atoms with van der Waals surface area (Å²) >= 11 is 6.48. The highest BCUT2D eigenvalue weighted by atomic mass is 35.5. The van der Waals surface area contributed by atoms with Gasteiger partial charge in [0, 0.05) is 28.1 Å². The van der Waals surface area contributed by atoms with Crippen LogP contribution >= 0.6 is 11.6 Å². The van der Waals surface area contributed by atoms with Gasteiger partial charge in [-0.05, 0) is 64.3 Å². The van der Waals surface area contributed by atoms with Crippen molar-refractivity contribution in [2.75, 3.05) is 0 Å². The van der Waals surface area contributed by atoms with Gasteiger partial charge < -0.3 is 0 Å². The third kappa shape index (κ3) is 4.05. The van der Waals surface area contributed by atoms with Crippen LogP contribution in [0.5, 0.6) is 0 Å². The molecule has 0 bridgehead atoms. The Morgan fingerprint density at radius 2 is 1.93 bits per heavy atom. The van der Waals surface area contributed by atoms with Crippen molar-refractivity contribution in [3.63, 3.8) is 0 Å². The van der Waals surface area contributed by atoms with Crippen LogP contribution in [0.15, 0.2) is 40.9 Å². The maximum Gasteiger partial charge on any atom is 0.145 e. The maximum atomic E-state index is 12.4. The number of fused-ring (bicyclic) bond motifs is 3. The van der Waals surface area contributed by atoms with E-state index in [0.29, 0.717) is 10.7 Å². The third-order valence-corrected chi connectivity index (χ3v) is 5.97. The predicted molar refractivity (Wildman–Crippen MR) is 117 cm³/mol. The molecule has 3 rings (SSSR count). The van der Waals surface area contributed by atoms with Crippen LogP contribution in [-0.2, 0) is 11.0 Å². The zero-order chi connectivity index (χ0) is 19.8. The molecule has 0 amide bonds. The summed E-state index contributed by atoms with van der Waals surface area (Å²) in [6, 6.07) is 9.90. The van der Waals surface area contributed by atoms with Crippen LogP contribution in [0.4, 0.5) is 0 Å². The van der Waals surface area contributed by atoms with Crippen LogP contribution in [0, 0.1) is 11.8 Å². The Balaban J connectivity index is 2.21. The second-order valence-corrected chi connectivity index (χ2v) is 9.64. The highest BCUT2D eigenvalue weighted by molar-refractivity contribution is 7.85. The molecule has 0 saturated carbocycles. The minimum Gasteiger partial charge on any atom is -0.256 e. The lowest BCUT2D eigenvalue weighted by atomic mass is 10.0. The summed E-state index contributed by atoms with van der Waals surface area (Å²) in [4.78, 5) is 4.54. The molecule has 0 unspecified atom stereocenters. The highest BCUT2D eigenvalue weighted by Gasteiger charge is 2.20. The first-order valence-electron chi connectivity index (χ1n) is 8.63. The fourth-order valence-electron chi connectivity index (χ4n) is 2.75. The molecule has 5 heteroatoms. The molecule has 3 nitrogen and oxygen atoms in total. The number of benzene rings is 2. The second-order valence-electron chi connectivity index (χ2n) is 7.32. The largest absolute Gasteiger partial charge is 0.256 e. The molecule has 1 heterocycles. The van der Waals surface area contributed by atoms with E-state index in [1.165, 1.54) is 0 Å². The molecule has 0 saturated heterocycles. The second kappa shape index (κ2) is 7.42. The van der Waals surface area contributed by atoms with Crippen molar-refractivity contribution in [1.82, 2.24) is 4.98 Å². The summed E-state index contributed by atoms with van der Waals surface area (Å²) in [5, 5.41) is 3.63. The molecule has 0 fully saturated rings. The van der Waals surface area contributed by atoms with Crippen LogP contribution in [0.25, 0.3) is 21.7 Å². The Labute approximate surface area is 167 Å². The first-order chi connectivity index (χ1) is 12.7. The molecule has 1 aromatic heterocycles. The first kappa shape index (κ1) is 19.5. The Bertz CT molecular complexity index is 1160. The van der Waals surface area contributed by atoms with Crippen molar-refractivity contribution < 1.29 is 4.21 Å². The van der Waals surface area contributed by atoms with E-state index in [-0.39, 0.29) is 0 Å². The van der Waals surface area contributed by atoms with Crippen molar-refractivity contribution in [3.8, 4) is 11.8 Å². The number of hydrogen-bond acceptors (Lipinski definition) is 2. The van der Waals surface area contributed by atoms with E-state index in [1.54, 1.807) is 0 Å². The number of aromatic nitrogens is 1. The molecule has 0 aliphatic heterocycles. The van der Waals surface area contributed by atoms with Gasteiger partial charge >= 0.3 is 0 Å². The van der Waals surface area contributed by atoms with E-state index in [4.69, 9.17) is 11.6 Å². The third-order valence-electron chi connectivity index (χ3n) is 4.17. The molecular weight excluding hydrogens is 376 g/mol. The van der Waals surface area contributed by atoms with Crippen molar-refractivity contribution in [1.29, 1.82) is 0 Å². The molecule has 138 valence electrons. The van der Waals surface area contributed by atoms with Crippen molar-refractivity contribution >= 4 is 50.0 Å². The molecule has 1 atom stereocenters. The minimum atomic E-state index is -1.34. The standard InChI is InChI=1S/C22H21ClN2OS/c1-6-7-15-8-9-17-16(10-15)13-24-21-12-20(23)18(11-19(17)21)14(2)25-27(26)22(3,4)5/h8-13H,1-5H3/b25-14+/t27-/m1/s1. The molecule has 0 radical (unpaired) electrons. The lowest BCUT2D eigenvalue weighted by Crippen LogP contribution is -2.20. The summed E-state index contributed by atoms with van der Waals surface area (Å²) in [6.07, 6.45) is 1.84. The maximum absolute atomic E-state index is 12.4. The van der Waals surface area contributed by atoms with Crippen molar-refractivity contribution in [2.45, 2.75) is 39.4 Å². The molecule has 0 N–H and O–H groups in total. The summed E-state index contributed by atoms with van der Waals surface area (Å²) in [5.41, 5.74) is 3.20. The average Bonchev–Trinajstić information content (AvgIpc) is 2.60. The summed E-state index contributed by atoms with van der Waals surface area (Å²) in [6.45, 7) is 9.35. The summed E-state index contributed by atoms with van der Waals surface area (Å²) in [5.74, 6) is 5.99. The summed E-state index contributed by atoms with van der Waals surface area (Å²) in [7, 11) is -1.34. The topological polar surface area (TPSA) is 42.3 Å². The number of hydrogen-bond donors (Lipinski definition) is 0. The van der Waals surface area contributed by atoms with Gasteiger partial charge in [-0.1, -0.05) is 23.6 Å². The van der Waals surface area contributed by atoms with E-state index >= 15 is 0 Å². The molecule has 3 aromatic rings. The normalized spacial score (nSPS) is 13.5. The van der Waals surface area contributed by atoms with E-state index < -0.39 is 15.7 Å². The fourth-order valence-corrected chi connectivity index (χ4v) is 3.66. The van der Waals surface area contributed by atoms with Gasteiger partial charge in [-0.25, -0.2) is 4.21 Å². The van der Waals surface area contributed by atoms with E-state index in [1.807, 2.05) is 65.1 Å². The van der Waals surface area contributed by atoms with Crippen molar-refractivity contribution in [2.24, 2.45) is 4.40 Å². The van der Waals surface area contributed by atoms with Gasteiger partial charge in [-0.15, -0.1) is 5.92 Å². The van der Waals surface area contributed by atoms with Gasteiger partial charge in [0.25, 0.3) is 0 Å². The Morgan fingerprint density at radius 1 is 1.19 bits per heavy atom. The molecule has 2 aromatic carbocycles. The lowest BCUT2D eigenvalue weighted by molar-refractivity contribution is 0.650. The Kier molecular flexibility index (Phi) is 5.37. The van der Waals surface area contributed by atoms with Crippen LogP contribution in [0.2, 0.25) is 5.02 Å². The minimum absolute atomic E-state index is 0.421. The monoisotopic (exact) mass is 396 g/mol. The fraction of sp³-hybridized carbons (Fsp3) is 0.273. The highest BCUT2D eigenvalue weighted by Crippen LogP contribution is 2.30. The lowest BCUT2D eigenvalue weighted by Gasteiger charge is -2.15. The molecule has 0 aliphatic carbocycles.